The van der Waals surface area contributed by atoms with Crippen molar-refractivity contribution in [3.05, 3.63) is 29.3 Å². The van der Waals surface area contributed by atoms with Crippen LogP contribution in [-0.2, 0) is 4.79 Å². The Morgan fingerprint density at radius 1 is 1.46 bits per heavy atom. The van der Waals surface area contributed by atoms with Crippen LogP contribution in [0.1, 0.15) is 41.3 Å². The fourth-order valence-electron chi connectivity index (χ4n) is 2.51. The maximum atomic E-state index is 12.2. The maximum Gasteiger partial charge on any atom is 0.422 e. The molecule has 2 amide bonds. The van der Waals surface area contributed by atoms with Crippen molar-refractivity contribution in [3.63, 3.8) is 0 Å². The number of nitrogens with two attached hydrogens (primary N) is 1. The Morgan fingerprint density at radius 2 is 2.17 bits per heavy atom. The van der Waals surface area contributed by atoms with Crippen LogP contribution in [0.5, 0.6) is 5.75 Å². The molecule has 2 atom stereocenters. The molecule has 0 radical (unpaired) electrons. The van der Waals surface area contributed by atoms with E-state index in [1.54, 1.807) is 0 Å². The van der Waals surface area contributed by atoms with Crippen molar-refractivity contribution >= 4 is 11.8 Å². The third kappa shape index (κ3) is 4.60. The fourth-order valence-corrected chi connectivity index (χ4v) is 2.51. The number of hydrogen-bond acceptors (Lipinski definition) is 4. The lowest BCUT2D eigenvalue weighted by Gasteiger charge is -2.28. The molecule has 132 valence electrons. The van der Waals surface area contributed by atoms with E-state index in [2.05, 4.69) is 10.1 Å². The zero-order valence-electron chi connectivity index (χ0n) is 12.6. The van der Waals surface area contributed by atoms with Crippen LogP contribution in [-0.4, -0.2) is 35.7 Å². The lowest BCUT2D eigenvalue weighted by molar-refractivity contribution is -0.153. The Kier molecular flexibility index (Phi) is 5.33. The molecule has 0 aliphatic carbocycles. The van der Waals surface area contributed by atoms with E-state index < -0.39 is 30.8 Å². The first-order chi connectivity index (χ1) is 11.2. The number of ether oxygens (including phenoxy) is 1. The highest BCUT2D eigenvalue weighted by atomic mass is 19.4. The third-order valence-electron chi connectivity index (χ3n) is 3.65. The largest absolute Gasteiger partial charge is 0.483 e. The van der Waals surface area contributed by atoms with Crippen molar-refractivity contribution in [2.24, 2.45) is 5.73 Å². The Morgan fingerprint density at radius 3 is 2.75 bits per heavy atom. The van der Waals surface area contributed by atoms with Crippen LogP contribution in [0.25, 0.3) is 0 Å². The number of alkyl halides is 3. The first-order valence-electron chi connectivity index (χ1n) is 7.28. The summed E-state index contributed by atoms with van der Waals surface area (Å²) in [5.74, 6) is -1.48. The SMILES string of the molecule is NC(=O)c1cc(C(O)C2CCCC(=O)N2)ccc1OCC(F)(F)F. The van der Waals surface area contributed by atoms with E-state index in [0.29, 0.717) is 19.3 Å². The highest BCUT2D eigenvalue weighted by molar-refractivity contribution is 5.95. The van der Waals surface area contributed by atoms with E-state index in [9.17, 15) is 27.9 Å². The van der Waals surface area contributed by atoms with Gasteiger partial charge in [0.25, 0.3) is 5.91 Å². The van der Waals surface area contributed by atoms with Crippen LogP contribution in [0.2, 0.25) is 0 Å². The standard InChI is InChI=1S/C15H17F3N2O4/c16-15(17,18)7-24-11-5-4-8(6-9(11)14(19)23)13(22)10-2-1-3-12(21)20-10/h4-6,10,13,22H,1-3,7H2,(H2,19,23)(H,20,21). The summed E-state index contributed by atoms with van der Waals surface area (Å²) in [6.45, 7) is -1.56. The molecule has 4 N–H and O–H groups in total. The van der Waals surface area contributed by atoms with Crippen LogP contribution < -0.4 is 15.8 Å². The van der Waals surface area contributed by atoms with Crippen LogP contribution in [0.4, 0.5) is 13.2 Å². The normalized spacial score (nSPS) is 19.5. The van der Waals surface area contributed by atoms with Gasteiger partial charge in [-0.3, -0.25) is 9.59 Å². The van der Waals surface area contributed by atoms with Crippen molar-refractivity contribution in [1.29, 1.82) is 0 Å². The summed E-state index contributed by atoms with van der Waals surface area (Å²) in [4.78, 5) is 22.9. The molecular formula is C15H17F3N2O4. The average molecular weight is 346 g/mol. The minimum Gasteiger partial charge on any atom is -0.483 e. The number of piperidine rings is 1. The molecule has 1 aliphatic rings. The molecule has 0 spiro atoms. The van der Waals surface area contributed by atoms with Gasteiger partial charge >= 0.3 is 6.18 Å². The van der Waals surface area contributed by atoms with Crippen LogP contribution in [0.3, 0.4) is 0 Å². The average Bonchev–Trinajstić information content (AvgIpc) is 2.51. The van der Waals surface area contributed by atoms with E-state index in [0.717, 1.165) is 6.07 Å². The van der Waals surface area contributed by atoms with Crippen LogP contribution >= 0.6 is 0 Å². The van der Waals surface area contributed by atoms with Crippen molar-refractivity contribution in [3.8, 4) is 5.75 Å². The first-order valence-corrected chi connectivity index (χ1v) is 7.28. The van der Waals surface area contributed by atoms with E-state index in [1.165, 1.54) is 12.1 Å². The predicted octanol–water partition coefficient (Wildman–Crippen LogP) is 1.43. The van der Waals surface area contributed by atoms with Gasteiger partial charge in [-0.1, -0.05) is 6.07 Å². The minimum atomic E-state index is -4.56. The molecule has 1 aliphatic heterocycles. The van der Waals surface area contributed by atoms with Gasteiger partial charge in [-0.25, -0.2) is 0 Å². The van der Waals surface area contributed by atoms with Gasteiger partial charge in [0.15, 0.2) is 6.61 Å². The number of carbonyl (C=O) groups is 2. The number of carbonyl (C=O) groups excluding carboxylic acids is 2. The van der Waals surface area contributed by atoms with Gasteiger partial charge < -0.3 is 20.9 Å². The van der Waals surface area contributed by atoms with Crippen molar-refractivity contribution < 1.29 is 32.6 Å². The van der Waals surface area contributed by atoms with Crippen molar-refractivity contribution in [2.75, 3.05) is 6.61 Å². The topological polar surface area (TPSA) is 102 Å². The van der Waals surface area contributed by atoms with Gasteiger partial charge in [-0.15, -0.1) is 0 Å². The number of halogens is 3. The molecule has 2 unspecified atom stereocenters. The number of hydrogen-bond donors (Lipinski definition) is 3. The molecule has 1 fully saturated rings. The monoisotopic (exact) mass is 346 g/mol. The zero-order valence-corrected chi connectivity index (χ0v) is 12.6. The first kappa shape index (κ1) is 18.1. The van der Waals surface area contributed by atoms with Crippen molar-refractivity contribution in [1.82, 2.24) is 5.32 Å². The fraction of sp³-hybridized carbons (Fsp3) is 0.467. The summed E-state index contributed by atoms with van der Waals surface area (Å²) in [7, 11) is 0. The molecule has 1 saturated heterocycles. The lowest BCUT2D eigenvalue weighted by atomic mass is 9.93. The predicted molar refractivity (Wildman–Crippen MR) is 77.3 cm³/mol. The molecule has 0 bridgehead atoms. The Bertz CT molecular complexity index is 634. The second kappa shape index (κ2) is 7.08. The van der Waals surface area contributed by atoms with Crippen LogP contribution in [0.15, 0.2) is 18.2 Å². The second-order valence-corrected chi connectivity index (χ2v) is 5.53. The number of rotatable bonds is 5. The van der Waals surface area contributed by atoms with Crippen molar-refractivity contribution in [2.45, 2.75) is 37.6 Å². The molecular weight excluding hydrogens is 329 g/mol. The highest BCUT2D eigenvalue weighted by Gasteiger charge is 2.30. The Balaban J connectivity index is 2.21. The molecule has 9 heteroatoms. The van der Waals surface area contributed by atoms with E-state index in [4.69, 9.17) is 5.73 Å². The quantitative estimate of drug-likeness (QED) is 0.751. The molecule has 1 heterocycles. The minimum absolute atomic E-state index is 0.189. The van der Waals surface area contributed by atoms with Gasteiger partial charge in [0.2, 0.25) is 5.91 Å². The Labute approximate surface area is 135 Å². The van der Waals surface area contributed by atoms with Gasteiger partial charge in [0.05, 0.1) is 17.7 Å². The van der Waals surface area contributed by atoms with E-state index >= 15 is 0 Å². The highest BCUT2D eigenvalue weighted by Crippen LogP contribution is 2.28. The molecule has 0 aromatic heterocycles. The molecule has 1 aromatic rings. The number of primary amides is 1. The maximum absolute atomic E-state index is 12.2. The molecule has 1 aromatic carbocycles. The summed E-state index contributed by atoms with van der Waals surface area (Å²) in [5, 5.41) is 13.0. The number of aliphatic hydroxyl groups is 1. The number of nitrogens with one attached hydrogen (secondary N) is 1. The van der Waals surface area contributed by atoms with Crippen LogP contribution in [0, 0.1) is 0 Å². The van der Waals surface area contributed by atoms with E-state index in [1.807, 2.05) is 0 Å². The van der Waals surface area contributed by atoms with Gasteiger partial charge in [0.1, 0.15) is 5.75 Å². The molecule has 6 nitrogen and oxygen atoms in total. The van der Waals surface area contributed by atoms with E-state index in [-0.39, 0.29) is 22.8 Å². The number of amides is 2. The summed E-state index contributed by atoms with van der Waals surface area (Å²) >= 11 is 0. The van der Waals surface area contributed by atoms with Gasteiger partial charge in [0, 0.05) is 6.42 Å². The third-order valence-corrected chi connectivity index (χ3v) is 3.65. The summed E-state index contributed by atoms with van der Waals surface area (Å²) in [6, 6.07) is 3.13. The molecule has 0 saturated carbocycles. The molecule has 2 rings (SSSR count). The summed E-state index contributed by atoms with van der Waals surface area (Å²) in [5.41, 5.74) is 5.17. The van der Waals surface area contributed by atoms with Gasteiger partial charge in [-0.05, 0) is 30.5 Å². The number of benzene rings is 1. The van der Waals surface area contributed by atoms with Gasteiger partial charge in [-0.2, -0.15) is 13.2 Å². The smallest absolute Gasteiger partial charge is 0.422 e. The summed E-state index contributed by atoms with van der Waals surface area (Å²) in [6.07, 6.45) is -4.13. The zero-order chi connectivity index (χ0) is 17.9. The summed E-state index contributed by atoms with van der Waals surface area (Å²) < 4.78 is 41.3. The molecule has 24 heavy (non-hydrogen) atoms. The Hall–Kier alpha value is -2.29. The lowest BCUT2D eigenvalue weighted by Crippen LogP contribution is -2.42. The number of aliphatic hydroxyl groups excluding tert-OH is 1. The second-order valence-electron chi connectivity index (χ2n) is 5.53.